The Bertz CT molecular complexity index is 1240. The Labute approximate surface area is 189 Å². The van der Waals surface area contributed by atoms with Crippen LogP contribution in [0.1, 0.15) is 27.8 Å². The van der Waals surface area contributed by atoms with E-state index in [-0.39, 0.29) is 6.16 Å². The highest BCUT2D eigenvalue weighted by Crippen LogP contribution is 2.48. The van der Waals surface area contributed by atoms with Gasteiger partial charge < -0.3 is 9.79 Å². The van der Waals surface area contributed by atoms with E-state index in [1.807, 2.05) is 36.4 Å². The Balaban J connectivity index is 1.93. The smallest absolute Gasteiger partial charge is 0.324 e. The summed E-state index contributed by atoms with van der Waals surface area (Å²) in [7, 11) is -4.24. The van der Waals surface area contributed by atoms with Crippen molar-refractivity contribution in [3.8, 4) is 0 Å². The van der Waals surface area contributed by atoms with Crippen molar-refractivity contribution in [2.24, 2.45) is 0 Å². The van der Waals surface area contributed by atoms with Crippen molar-refractivity contribution in [2.75, 3.05) is 6.54 Å². The highest BCUT2D eigenvalue weighted by molar-refractivity contribution is 7.50. The monoisotopic (exact) mass is 447 g/mol. The normalized spacial score (nSPS) is 18.5. The summed E-state index contributed by atoms with van der Waals surface area (Å²) in [5.41, 5.74) is 8.37. The fourth-order valence-electron chi connectivity index (χ4n) is 4.86. The molecular weight excluding hydrogens is 419 g/mol. The summed E-state index contributed by atoms with van der Waals surface area (Å²) in [6.07, 6.45) is 9.73. The molecular formula is C26H28N2O3P+. The average molecular weight is 447 g/mol. The van der Waals surface area contributed by atoms with Gasteiger partial charge in [0.1, 0.15) is 24.1 Å². The maximum atomic E-state index is 11.9. The van der Waals surface area contributed by atoms with E-state index in [4.69, 9.17) is 0 Å². The zero-order chi connectivity index (χ0) is 22.9. The quantitative estimate of drug-likeness (QED) is 0.375. The first kappa shape index (κ1) is 22.4. The number of hydrogen-bond acceptors (Lipinski definition) is 2. The van der Waals surface area contributed by atoms with Crippen molar-refractivity contribution < 1.29 is 14.4 Å². The number of aryl methyl sites for hydroxylation is 3. The molecule has 164 valence electrons. The van der Waals surface area contributed by atoms with Crippen molar-refractivity contribution in [3.63, 3.8) is 0 Å². The highest BCUT2D eigenvalue weighted by Gasteiger charge is 2.38. The molecule has 0 radical (unpaired) electrons. The summed E-state index contributed by atoms with van der Waals surface area (Å²) in [4.78, 5) is 23.6. The van der Waals surface area contributed by atoms with Gasteiger partial charge in [0.2, 0.25) is 0 Å². The van der Waals surface area contributed by atoms with E-state index in [2.05, 4.69) is 56.2 Å². The van der Waals surface area contributed by atoms with Crippen LogP contribution in [0.2, 0.25) is 0 Å². The molecule has 4 rings (SSSR count). The van der Waals surface area contributed by atoms with Crippen LogP contribution in [-0.4, -0.2) is 21.3 Å². The number of para-hydroxylation sites is 1. The molecule has 0 bridgehead atoms. The topological polar surface area (TPSA) is 70.4 Å². The number of quaternary nitrogens is 1. The van der Waals surface area contributed by atoms with Gasteiger partial charge in [0.15, 0.2) is 0 Å². The maximum Gasteiger partial charge on any atom is 0.330 e. The number of rotatable bonds is 5. The molecule has 1 atom stereocenters. The van der Waals surface area contributed by atoms with E-state index in [0.29, 0.717) is 16.6 Å². The van der Waals surface area contributed by atoms with E-state index in [9.17, 15) is 14.4 Å². The van der Waals surface area contributed by atoms with Crippen LogP contribution >= 0.6 is 7.60 Å². The van der Waals surface area contributed by atoms with Crippen molar-refractivity contribution in [1.29, 1.82) is 0 Å². The Morgan fingerprint density at radius 3 is 2.25 bits per heavy atom. The fraction of sp³-hybridized carbons (Fsp3) is 0.192. The van der Waals surface area contributed by atoms with Gasteiger partial charge in [0.05, 0.1) is 6.16 Å². The lowest BCUT2D eigenvalue weighted by Gasteiger charge is -2.38. The molecule has 6 heteroatoms. The second-order valence-electron chi connectivity index (χ2n) is 8.46. The van der Waals surface area contributed by atoms with Crippen LogP contribution in [0.15, 0.2) is 79.3 Å². The molecule has 3 aromatic rings. The third-order valence-corrected chi connectivity index (χ3v) is 6.71. The van der Waals surface area contributed by atoms with E-state index in [0.717, 1.165) is 33.6 Å². The molecule has 0 saturated heterocycles. The lowest BCUT2D eigenvalue weighted by atomic mass is 9.96. The van der Waals surface area contributed by atoms with Crippen LogP contribution in [0.3, 0.4) is 0 Å². The zero-order valence-corrected chi connectivity index (χ0v) is 19.5. The van der Waals surface area contributed by atoms with Gasteiger partial charge in [-0.25, -0.2) is 4.48 Å². The maximum absolute atomic E-state index is 11.9. The third-order valence-electron chi connectivity index (χ3n) is 5.95. The van der Waals surface area contributed by atoms with E-state index in [1.54, 1.807) is 12.4 Å². The molecule has 2 aromatic carbocycles. The summed E-state index contributed by atoms with van der Waals surface area (Å²) < 4.78 is 12.3. The molecule has 0 spiro atoms. The van der Waals surface area contributed by atoms with Crippen LogP contribution in [0.25, 0.3) is 5.57 Å². The minimum Gasteiger partial charge on any atom is -0.324 e. The van der Waals surface area contributed by atoms with Crippen molar-refractivity contribution in [1.82, 2.24) is 9.47 Å². The van der Waals surface area contributed by atoms with Gasteiger partial charge >= 0.3 is 7.60 Å². The van der Waals surface area contributed by atoms with Gasteiger partial charge in [0, 0.05) is 35.2 Å². The molecule has 1 unspecified atom stereocenters. The van der Waals surface area contributed by atoms with Crippen LogP contribution in [0.4, 0.5) is 11.4 Å². The zero-order valence-electron chi connectivity index (χ0n) is 18.6. The minimum absolute atomic E-state index is 0.290. The molecule has 1 aliphatic heterocycles. The Morgan fingerprint density at radius 2 is 1.66 bits per heavy atom. The lowest BCUT2D eigenvalue weighted by molar-refractivity contribution is 0.371. The molecule has 5 nitrogen and oxygen atoms in total. The van der Waals surface area contributed by atoms with E-state index < -0.39 is 7.60 Å². The van der Waals surface area contributed by atoms with Crippen molar-refractivity contribution in [2.45, 2.75) is 26.9 Å². The molecule has 0 saturated carbocycles. The van der Waals surface area contributed by atoms with Crippen LogP contribution in [0, 0.1) is 20.8 Å². The summed E-state index contributed by atoms with van der Waals surface area (Å²) in [5, 5.41) is 0. The first-order chi connectivity index (χ1) is 15.2. The molecule has 2 N–H and O–H groups in total. The van der Waals surface area contributed by atoms with Gasteiger partial charge in [-0.2, -0.15) is 0 Å². The first-order valence-corrected chi connectivity index (χ1v) is 12.4. The standard InChI is InChI=1S/C26H27N2O3P/c1-19-16-20(2)26(21(3)17-19)28(25-7-5-4-6-24(25)18-32(29,30)31)14-10-23(11-15-28)22-8-12-27-13-9-22/h4-14,16-17H,15,18H2,1-3H3,(H-,29,30,31)/p+1. The molecule has 0 fully saturated rings. The van der Waals surface area contributed by atoms with E-state index >= 15 is 0 Å². The Kier molecular flexibility index (Phi) is 6.02. The van der Waals surface area contributed by atoms with Crippen molar-refractivity contribution >= 4 is 24.5 Å². The number of benzene rings is 2. The fourth-order valence-corrected chi connectivity index (χ4v) is 5.57. The van der Waals surface area contributed by atoms with Gasteiger partial charge in [-0.3, -0.25) is 9.55 Å². The molecule has 2 heterocycles. The van der Waals surface area contributed by atoms with Crippen LogP contribution in [0.5, 0.6) is 0 Å². The summed E-state index contributed by atoms with van der Waals surface area (Å²) in [6, 6.07) is 15.9. The molecule has 32 heavy (non-hydrogen) atoms. The van der Waals surface area contributed by atoms with Crippen molar-refractivity contribution in [3.05, 3.63) is 107 Å². The van der Waals surface area contributed by atoms with Gasteiger partial charge in [-0.1, -0.05) is 35.9 Å². The summed E-state index contributed by atoms with van der Waals surface area (Å²) in [5.74, 6) is 0. The summed E-state index contributed by atoms with van der Waals surface area (Å²) >= 11 is 0. The second kappa shape index (κ2) is 8.61. The molecule has 1 aromatic heterocycles. The first-order valence-electron chi connectivity index (χ1n) is 10.6. The van der Waals surface area contributed by atoms with Gasteiger partial charge in [-0.05, 0) is 56.2 Å². The number of hydrogen-bond donors (Lipinski definition) is 2. The van der Waals surface area contributed by atoms with Crippen LogP contribution < -0.4 is 4.48 Å². The van der Waals surface area contributed by atoms with E-state index in [1.165, 1.54) is 5.56 Å². The van der Waals surface area contributed by atoms with Crippen LogP contribution in [-0.2, 0) is 10.7 Å². The SMILES string of the molecule is Cc1cc(C)c([N+]2(c3ccccc3CP(=O)(O)O)C=CC(c3ccncc3)=CC2)c(C)c1. The minimum atomic E-state index is -4.24. The summed E-state index contributed by atoms with van der Waals surface area (Å²) in [6.45, 7) is 6.94. The molecule has 1 aliphatic rings. The molecule has 0 amide bonds. The third kappa shape index (κ3) is 4.38. The van der Waals surface area contributed by atoms with Gasteiger partial charge in [0.25, 0.3) is 0 Å². The number of allylic oxidation sites excluding steroid dienone is 2. The Hall–Kier alpha value is -2.82. The Morgan fingerprint density at radius 1 is 1.00 bits per heavy atom. The average Bonchev–Trinajstić information content (AvgIpc) is 2.73. The van der Waals surface area contributed by atoms with Gasteiger partial charge in [-0.15, -0.1) is 0 Å². The molecule has 0 aliphatic carbocycles. The number of nitrogens with zero attached hydrogens (tertiary/aromatic N) is 2. The highest BCUT2D eigenvalue weighted by atomic mass is 31.2. The number of pyridine rings is 1. The lowest BCUT2D eigenvalue weighted by Crippen LogP contribution is -2.42. The predicted octanol–water partition coefficient (Wildman–Crippen LogP) is 5.93. The number of aromatic nitrogens is 1. The predicted molar refractivity (Wildman–Crippen MR) is 131 cm³/mol. The largest absolute Gasteiger partial charge is 0.330 e. The second-order valence-corrected chi connectivity index (χ2v) is 10.1.